The lowest BCUT2D eigenvalue weighted by molar-refractivity contribution is 0.617. The van der Waals surface area contributed by atoms with Gasteiger partial charge in [0.05, 0.1) is 0 Å². The Kier molecular flexibility index (Phi) is 7.49. The van der Waals surface area contributed by atoms with Gasteiger partial charge in [0.2, 0.25) is 0 Å². The van der Waals surface area contributed by atoms with E-state index in [4.69, 9.17) is 0 Å². The standard InChI is InChI=1S/C16H27FN2/c1-4-7-11-19(6-3)16-9-8-15(17)12-14(16)13-18-10-5-2/h8-9,12,18H,4-7,10-11,13H2,1-3H3. The van der Waals surface area contributed by atoms with Gasteiger partial charge in [0.1, 0.15) is 5.82 Å². The van der Waals surface area contributed by atoms with Gasteiger partial charge < -0.3 is 10.2 Å². The van der Waals surface area contributed by atoms with Crippen molar-refractivity contribution in [3.63, 3.8) is 0 Å². The number of halogens is 1. The van der Waals surface area contributed by atoms with E-state index in [1.165, 1.54) is 18.5 Å². The van der Waals surface area contributed by atoms with Crippen molar-refractivity contribution < 1.29 is 4.39 Å². The predicted molar refractivity (Wildman–Crippen MR) is 81.2 cm³/mol. The highest BCUT2D eigenvalue weighted by molar-refractivity contribution is 5.53. The van der Waals surface area contributed by atoms with Crippen LogP contribution < -0.4 is 10.2 Å². The highest BCUT2D eigenvalue weighted by Crippen LogP contribution is 2.22. The molecule has 0 aromatic heterocycles. The molecule has 0 heterocycles. The minimum absolute atomic E-state index is 0.149. The van der Waals surface area contributed by atoms with Gasteiger partial charge in [-0.25, -0.2) is 4.39 Å². The second-order valence-electron chi connectivity index (χ2n) is 4.88. The maximum absolute atomic E-state index is 13.4. The summed E-state index contributed by atoms with van der Waals surface area (Å²) in [5.74, 6) is -0.149. The molecule has 2 nitrogen and oxygen atoms in total. The fourth-order valence-electron chi connectivity index (χ4n) is 2.20. The smallest absolute Gasteiger partial charge is 0.123 e. The van der Waals surface area contributed by atoms with Crippen LogP contribution >= 0.6 is 0 Å². The van der Waals surface area contributed by atoms with Crippen LogP contribution in [0.5, 0.6) is 0 Å². The first-order chi connectivity index (χ1) is 9.22. The summed E-state index contributed by atoms with van der Waals surface area (Å²) >= 11 is 0. The van der Waals surface area contributed by atoms with Crippen LogP contribution in [-0.2, 0) is 6.54 Å². The lowest BCUT2D eigenvalue weighted by Crippen LogP contribution is -2.26. The molecule has 19 heavy (non-hydrogen) atoms. The van der Waals surface area contributed by atoms with Crippen LogP contribution in [0.2, 0.25) is 0 Å². The Morgan fingerprint density at radius 2 is 1.95 bits per heavy atom. The second kappa shape index (κ2) is 8.92. The summed E-state index contributed by atoms with van der Waals surface area (Å²) in [6.45, 7) is 10.2. The normalized spacial score (nSPS) is 10.7. The molecule has 0 spiro atoms. The van der Waals surface area contributed by atoms with E-state index in [1.54, 1.807) is 12.1 Å². The number of nitrogens with one attached hydrogen (secondary N) is 1. The molecule has 0 unspecified atom stereocenters. The van der Waals surface area contributed by atoms with Crippen molar-refractivity contribution in [2.24, 2.45) is 0 Å². The fourth-order valence-corrected chi connectivity index (χ4v) is 2.20. The number of rotatable bonds is 9. The van der Waals surface area contributed by atoms with E-state index in [0.717, 1.165) is 38.2 Å². The lowest BCUT2D eigenvalue weighted by atomic mass is 10.1. The Labute approximate surface area is 117 Å². The molecule has 0 aliphatic carbocycles. The Morgan fingerprint density at radius 3 is 2.58 bits per heavy atom. The van der Waals surface area contributed by atoms with Gasteiger partial charge in [0.25, 0.3) is 0 Å². The Hall–Kier alpha value is -1.09. The molecule has 0 saturated carbocycles. The summed E-state index contributed by atoms with van der Waals surface area (Å²) in [6, 6.07) is 5.14. The average Bonchev–Trinajstić information content (AvgIpc) is 2.41. The summed E-state index contributed by atoms with van der Waals surface area (Å²) in [5, 5.41) is 3.36. The van der Waals surface area contributed by atoms with Gasteiger partial charge in [0, 0.05) is 25.3 Å². The molecule has 1 rings (SSSR count). The molecule has 0 fully saturated rings. The molecule has 1 aromatic rings. The summed E-state index contributed by atoms with van der Waals surface area (Å²) in [7, 11) is 0. The van der Waals surface area contributed by atoms with Gasteiger partial charge in [-0.2, -0.15) is 0 Å². The minimum atomic E-state index is -0.149. The van der Waals surface area contributed by atoms with Gasteiger partial charge in [-0.3, -0.25) is 0 Å². The van der Waals surface area contributed by atoms with Crippen molar-refractivity contribution in [3.05, 3.63) is 29.6 Å². The molecule has 108 valence electrons. The molecule has 0 saturated heterocycles. The lowest BCUT2D eigenvalue weighted by Gasteiger charge is -2.26. The number of benzene rings is 1. The van der Waals surface area contributed by atoms with Gasteiger partial charge in [-0.05, 0) is 50.1 Å². The van der Waals surface area contributed by atoms with E-state index < -0.39 is 0 Å². The Bertz CT molecular complexity index is 366. The summed E-state index contributed by atoms with van der Waals surface area (Å²) in [5.41, 5.74) is 2.23. The highest BCUT2D eigenvalue weighted by atomic mass is 19.1. The van der Waals surface area contributed by atoms with Crippen molar-refractivity contribution >= 4 is 5.69 Å². The van der Waals surface area contributed by atoms with Crippen LogP contribution in [0.15, 0.2) is 18.2 Å². The maximum Gasteiger partial charge on any atom is 0.123 e. The largest absolute Gasteiger partial charge is 0.372 e. The summed E-state index contributed by atoms with van der Waals surface area (Å²) in [6.07, 6.45) is 3.45. The molecule has 0 radical (unpaired) electrons. The Morgan fingerprint density at radius 1 is 1.16 bits per heavy atom. The molecule has 1 aromatic carbocycles. The van der Waals surface area contributed by atoms with E-state index >= 15 is 0 Å². The first-order valence-electron chi connectivity index (χ1n) is 7.47. The van der Waals surface area contributed by atoms with Crippen molar-refractivity contribution in [2.45, 2.75) is 46.6 Å². The third-order valence-electron chi connectivity index (χ3n) is 3.29. The third-order valence-corrected chi connectivity index (χ3v) is 3.29. The van der Waals surface area contributed by atoms with Crippen LogP contribution in [0.25, 0.3) is 0 Å². The van der Waals surface area contributed by atoms with Crippen molar-refractivity contribution in [3.8, 4) is 0 Å². The monoisotopic (exact) mass is 266 g/mol. The van der Waals surface area contributed by atoms with Crippen LogP contribution in [0.3, 0.4) is 0 Å². The molecular weight excluding hydrogens is 239 g/mol. The van der Waals surface area contributed by atoms with E-state index in [2.05, 4.69) is 31.0 Å². The Balaban J connectivity index is 2.83. The van der Waals surface area contributed by atoms with Gasteiger partial charge in [-0.15, -0.1) is 0 Å². The van der Waals surface area contributed by atoms with Crippen molar-refractivity contribution in [1.29, 1.82) is 0 Å². The number of hydrogen-bond donors (Lipinski definition) is 1. The molecule has 3 heteroatoms. The molecular formula is C16H27FN2. The molecule has 0 amide bonds. The second-order valence-corrected chi connectivity index (χ2v) is 4.88. The summed E-state index contributed by atoms with van der Waals surface area (Å²) < 4.78 is 13.4. The maximum atomic E-state index is 13.4. The van der Waals surface area contributed by atoms with Crippen molar-refractivity contribution in [1.82, 2.24) is 5.32 Å². The number of unbranched alkanes of at least 4 members (excludes halogenated alkanes) is 1. The topological polar surface area (TPSA) is 15.3 Å². The fraction of sp³-hybridized carbons (Fsp3) is 0.625. The van der Waals surface area contributed by atoms with E-state index in [9.17, 15) is 4.39 Å². The summed E-state index contributed by atoms with van der Waals surface area (Å²) in [4.78, 5) is 2.34. The quantitative estimate of drug-likeness (QED) is 0.681. The zero-order valence-electron chi connectivity index (χ0n) is 12.5. The third kappa shape index (κ3) is 5.19. The van der Waals surface area contributed by atoms with Crippen molar-refractivity contribution in [2.75, 3.05) is 24.5 Å². The molecule has 0 aliphatic heterocycles. The zero-order valence-corrected chi connectivity index (χ0v) is 12.5. The number of anilines is 1. The number of nitrogens with zero attached hydrogens (tertiary/aromatic N) is 1. The molecule has 1 N–H and O–H groups in total. The molecule has 0 atom stereocenters. The minimum Gasteiger partial charge on any atom is -0.372 e. The zero-order chi connectivity index (χ0) is 14.1. The highest BCUT2D eigenvalue weighted by Gasteiger charge is 2.10. The average molecular weight is 266 g/mol. The van der Waals surface area contributed by atoms with Gasteiger partial charge >= 0.3 is 0 Å². The van der Waals surface area contributed by atoms with E-state index in [-0.39, 0.29) is 5.82 Å². The van der Waals surface area contributed by atoms with E-state index in [1.807, 2.05) is 6.07 Å². The van der Waals surface area contributed by atoms with Crippen LogP contribution in [0.4, 0.5) is 10.1 Å². The van der Waals surface area contributed by atoms with E-state index in [0.29, 0.717) is 0 Å². The first-order valence-corrected chi connectivity index (χ1v) is 7.47. The molecule has 0 aliphatic rings. The van der Waals surface area contributed by atoms with Gasteiger partial charge in [0.15, 0.2) is 0 Å². The van der Waals surface area contributed by atoms with Crippen LogP contribution in [0, 0.1) is 5.82 Å². The van der Waals surface area contributed by atoms with Crippen LogP contribution in [-0.4, -0.2) is 19.6 Å². The van der Waals surface area contributed by atoms with Gasteiger partial charge in [-0.1, -0.05) is 20.3 Å². The number of hydrogen-bond acceptors (Lipinski definition) is 2. The first kappa shape index (κ1) is 16.0. The predicted octanol–water partition coefficient (Wildman–Crippen LogP) is 3.95. The molecule has 0 bridgehead atoms. The van der Waals surface area contributed by atoms with Crippen LogP contribution in [0.1, 0.15) is 45.6 Å². The SMILES string of the molecule is CCCCN(CC)c1ccc(F)cc1CNCCC.